The van der Waals surface area contributed by atoms with Gasteiger partial charge in [-0.15, -0.1) is 0 Å². The summed E-state index contributed by atoms with van der Waals surface area (Å²) in [5.74, 6) is 2.78. The van der Waals surface area contributed by atoms with E-state index in [1.807, 2.05) is 23.1 Å². The zero-order valence-electron chi connectivity index (χ0n) is 13.7. The Balaban J connectivity index is 1.53. The lowest BCUT2D eigenvalue weighted by atomic mass is 9.80. The molecule has 1 aromatic rings. The summed E-state index contributed by atoms with van der Waals surface area (Å²) in [5.41, 5.74) is 2.44. The monoisotopic (exact) mass is 309 g/mol. The van der Waals surface area contributed by atoms with Crippen LogP contribution in [0.2, 0.25) is 0 Å². The zero-order valence-corrected chi connectivity index (χ0v) is 13.7. The summed E-state index contributed by atoms with van der Waals surface area (Å²) in [4.78, 5) is 14.5. The molecule has 3 aliphatic carbocycles. The molecule has 1 aliphatic heterocycles. The Morgan fingerprint density at radius 1 is 1.26 bits per heavy atom. The van der Waals surface area contributed by atoms with Crippen molar-refractivity contribution in [2.75, 3.05) is 0 Å². The lowest BCUT2D eigenvalue weighted by molar-refractivity contribution is -0.129. The highest BCUT2D eigenvalue weighted by Crippen LogP contribution is 2.65. The summed E-state index contributed by atoms with van der Waals surface area (Å²) in [5, 5.41) is 0. The average Bonchev–Trinajstić information content (AvgIpc) is 3.22. The van der Waals surface area contributed by atoms with Crippen LogP contribution in [-0.2, 0) is 9.53 Å². The van der Waals surface area contributed by atoms with E-state index >= 15 is 0 Å². The van der Waals surface area contributed by atoms with Gasteiger partial charge in [0.15, 0.2) is 0 Å². The van der Waals surface area contributed by atoms with E-state index in [9.17, 15) is 4.79 Å². The van der Waals surface area contributed by atoms with Crippen LogP contribution in [0.15, 0.2) is 42.1 Å². The number of hydrogen-bond acceptors (Lipinski definition) is 2. The van der Waals surface area contributed by atoms with E-state index in [1.165, 1.54) is 24.1 Å². The minimum atomic E-state index is 0.0775. The Morgan fingerprint density at radius 3 is 2.78 bits per heavy atom. The molecule has 3 fully saturated rings. The summed E-state index contributed by atoms with van der Waals surface area (Å²) in [6, 6.07) is 10.4. The summed E-state index contributed by atoms with van der Waals surface area (Å²) < 4.78 is 6.26. The van der Waals surface area contributed by atoms with Crippen molar-refractivity contribution >= 4 is 5.91 Å². The van der Waals surface area contributed by atoms with E-state index in [0.717, 1.165) is 11.8 Å². The molecule has 120 valence electrons. The topological polar surface area (TPSA) is 29.5 Å². The highest BCUT2D eigenvalue weighted by Gasteiger charge is 2.64. The van der Waals surface area contributed by atoms with Crippen molar-refractivity contribution in [2.45, 2.75) is 44.9 Å². The Labute approximate surface area is 137 Å². The first-order valence-electron chi connectivity index (χ1n) is 8.87. The second-order valence-corrected chi connectivity index (χ2v) is 7.70. The third-order valence-electron chi connectivity index (χ3n) is 6.68. The van der Waals surface area contributed by atoms with Crippen LogP contribution < -0.4 is 0 Å². The van der Waals surface area contributed by atoms with Gasteiger partial charge in [0.25, 0.3) is 0 Å². The van der Waals surface area contributed by atoms with Gasteiger partial charge in [0, 0.05) is 24.5 Å². The molecule has 1 amide bonds. The van der Waals surface area contributed by atoms with Crippen LogP contribution in [-0.4, -0.2) is 23.0 Å². The number of amides is 1. The zero-order chi connectivity index (χ0) is 15.7. The van der Waals surface area contributed by atoms with Gasteiger partial charge < -0.3 is 9.64 Å². The maximum atomic E-state index is 12.5. The van der Waals surface area contributed by atoms with Gasteiger partial charge in [-0.2, -0.15) is 0 Å². The second kappa shape index (κ2) is 4.70. The molecule has 0 N–H and O–H groups in total. The average molecular weight is 309 g/mol. The quantitative estimate of drug-likeness (QED) is 0.855. The molecule has 1 aromatic carbocycles. The number of allylic oxidation sites excluding steroid dienone is 1. The van der Waals surface area contributed by atoms with Gasteiger partial charge in [-0.25, -0.2) is 0 Å². The van der Waals surface area contributed by atoms with Gasteiger partial charge in [-0.05, 0) is 43.2 Å². The van der Waals surface area contributed by atoms with E-state index in [2.05, 4.69) is 25.1 Å². The fourth-order valence-corrected chi connectivity index (χ4v) is 5.91. The van der Waals surface area contributed by atoms with Crippen LogP contribution in [0.1, 0.15) is 38.3 Å². The maximum absolute atomic E-state index is 12.5. The molecule has 3 nitrogen and oxygen atoms in total. The standard InChI is InChI=1S/C20H23NO2/c1-11(13-6-4-3-5-7-13)21(12(2)22)16-10-18-20-15-8-14(19(16)20)9-17(15)23-18/h3-7,10-11,14-15,17-20H,8-9H2,1-2H3/t11-,14+,15-,17+,18-,19+,20-/m1/s1. The van der Waals surface area contributed by atoms with E-state index in [0.29, 0.717) is 17.9 Å². The fourth-order valence-electron chi connectivity index (χ4n) is 5.91. The summed E-state index contributed by atoms with van der Waals surface area (Å²) in [6.07, 6.45) is 5.53. The Hall–Kier alpha value is -1.61. The highest BCUT2D eigenvalue weighted by atomic mass is 16.5. The van der Waals surface area contributed by atoms with Gasteiger partial charge in [-0.1, -0.05) is 30.3 Å². The summed E-state index contributed by atoms with van der Waals surface area (Å²) in [7, 11) is 0. The van der Waals surface area contributed by atoms with Gasteiger partial charge in [0.05, 0.1) is 18.2 Å². The Morgan fingerprint density at radius 2 is 2.04 bits per heavy atom. The first-order chi connectivity index (χ1) is 11.1. The van der Waals surface area contributed by atoms with Crippen LogP contribution in [0.5, 0.6) is 0 Å². The van der Waals surface area contributed by atoms with Crippen molar-refractivity contribution in [1.82, 2.24) is 4.90 Å². The molecule has 5 rings (SSSR count). The molecule has 2 bridgehead atoms. The summed E-state index contributed by atoms with van der Waals surface area (Å²) >= 11 is 0. The number of hydrogen-bond donors (Lipinski definition) is 0. The minimum absolute atomic E-state index is 0.0775. The van der Waals surface area contributed by atoms with Crippen LogP contribution in [0.4, 0.5) is 0 Å². The molecule has 7 atom stereocenters. The number of ether oxygens (including phenoxy) is 1. The largest absolute Gasteiger partial charge is 0.370 e. The Kier molecular flexibility index (Phi) is 2.82. The van der Waals surface area contributed by atoms with Gasteiger partial charge in [0.1, 0.15) is 0 Å². The van der Waals surface area contributed by atoms with Gasteiger partial charge in [0.2, 0.25) is 5.91 Å². The highest BCUT2D eigenvalue weighted by molar-refractivity contribution is 5.76. The summed E-state index contributed by atoms with van der Waals surface area (Å²) in [6.45, 7) is 3.84. The number of nitrogens with zero attached hydrogens (tertiary/aromatic N) is 1. The number of carbonyl (C=O) groups excluding carboxylic acids is 1. The fraction of sp³-hybridized carbons (Fsp3) is 0.550. The predicted octanol–water partition coefficient (Wildman–Crippen LogP) is 3.53. The molecule has 23 heavy (non-hydrogen) atoms. The van der Waals surface area contributed by atoms with Crippen LogP contribution in [0.3, 0.4) is 0 Å². The van der Waals surface area contributed by atoms with Crippen LogP contribution >= 0.6 is 0 Å². The van der Waals surface area contributed by atoms with Crippen molar-refractivity contribution in [3.63, 3.8) is 0 Å². The van der Waals surface area contributed by atoms with E-state index < -0.39 is 0 Å². The molecule has 1 saturated heterocycles. The lowest BCUT2D eigenvalue weighted by Gasteiger charge is -2.36. The van der Waals surface area contributed by atoms with Gasteiger partial charge >= 0.3 is 0 Å². The van der Waals surface area contributed by atoms with Crippen molar-refractivity contribution < 1.29 is 9.53 Å². The Bertz CT molecular complexity index is 680. The molecule has 1 heterocycles. The minimum Gasteiger partial charge on any atom is -0.370 e. The van der Waals surface area contributed by atoms with E-state index in [-0.39, 0.29) is 18.1 Å². The number of benzene rings is 1. The van der Waals surface area contributed by atoms with Crippen LogP contribution in [0, 0.1) is 23.7 Å². The number of rotatable bonds is 3. The molecular weight excluding hydrogens is 286 g/mol. The lowest BCUT2D eigenvalue weighted by Crippen LogP contribution is -2.36. The van der Waals surface area contributed by atoms with Crippen molar-refractivity contribution in [3.05, 3.63) is 47.7 Å². The second-order valence-electron chi connectivity index (χ2n) is 7.70. The van der Waals surface area contributed by atoms with Crippen LogP contribution in [0.25, 0.3) is 0 Å². The molecule has 0 spiro atoms. The predicted molar refractivity (Wildman–Crippen MR) is 87.3 cm³/mol. The normalized spacial score (nSPS) is 40.3. The van der Waals surface area contributed by atoms with E-state index in [1.54, 1.807) is 6.92 Å². The van der Waals surface area contributed by atoms with Crippen molar-refractivity contribution in [2.24, 2.45) is 23.7 Å². The number of fused-ring (bicyclic) bond motifs is 2. The van der Waals surface area contributed by atoms with Crippen molar-refractivity contribution in [1.29, 1.82) is 0 Å². The third kappa shape index (κ3) is 1.77. The number of carbonyl (C=O) groups is 1. The molecular formula is C20H23NO2. The third-order valence-corrected chi connectivity index (χ3v) is 6.68. The smallest absolute Gasteiger partial charge is 0.224 e. The van der Waals surface area contributed by atoms with E-state index in [4.69, 9.17) is 4.74 Å². The molecule has 0 radical (unpaired) electrons. The maximum Gasteiger partial charge on any atom is 0.224 e. The van der Waals surface area contributed by atoms with Crippen molar-refractivity contribution in [3.8, 4) is 0 Å². The van der Waals surface area contributed by atoms with Gasteiger partial charge in [-0.3, -0.25) is 4.79 Å². The first kappa shape index (κ1) is 13.8. The molecule has 0 aromatic heterocycles. The molecule has 2 saturated carbocycles. The SMILES string of the molecule is CC(=O)N(C1=C[C@H]2O[C@H]3C[C@@H]4C[C@H]3[C@H]2[C@H]14)[C@H](C)c1ccccc1. The first-order valence-corrected chi connectivity index (χ1v) is 8.87. The molecule has 3 heteroatoms. The molecule has 4 aliphatic rings. The molecule has 0 unspecified atom stereocenters.